The fourth-order valence-electron chi connectivity index (χ4n) is 3.63. The number of hydrogen-bond acceptors (Lipinski definition) is 5. The van der Waals surface area contributed by atoms with Gasteiger partial charge >= 0.3 is 0 Å². The van der Waals surface area contributed by atoms with Crippen LogP contribution in [0.25, 0.3) is 11.3 Å². The second-order valence-corrected chi connectivity index (χ2v) is 6.76. The number of hydrogen-bond donors (Lipinski definition) is 1. The molecule has 1 amide bonds. The summed E-state index contributed by atoms with van der Waals surface area (Å²) in [5.74, 6) is 1.43. The molecule has 0 saturated carbocycles. The first-order valence-electron chi connectivity index (χ1n) is 9.09. The number of nitrogens with zero attached hydrogens (tertiary/aromatic N) is 3. The first-order chi connectivity index (χ1) is 13.2. The smallest absolute Gasteiger partial charge is 0.258 e. The molecule has 7 heteroatoms. The first-order valence-corrected chi connectivity index (χ1v) is 9.09. The topological polar surface area (TPSA) is 84.2 Å². The van der Waals surface area contributed by atoms with Gasteiger partial charge < -0.3 is 14.2 Å². The van der Waals surface area contributed by atoms with Gasteiger partial charge in [0.05, 0.1) is 30.6 Å². The van der Waals surface area contributed by atoms with E-state index in [-0.39, 0.29) is 11.9 Å². The number of carbonyl (C=O) groups excluding carboxylic acids is 1. The van der Waals surface area contributed by atoms with Gasteiger partial charge in [-0.3, -0.25) is 9.89 Å². The summed E-state index contributed by atoms with van der Waals surface area (Å²) in [5, 5.41) is 11.2. The summed E-state index contributed by atoms with van der Waals surface area (Å²) in [6, 6.07) is 9.42. The molecular formula is C20H22N4O3. The molecule has 1 N–H and O–H groups in total. The number of aromatic amines is 1. The molecule has 0 aliphatic carbocycles. The number of likely N-dealkylation sites (tertiary alicyclic amines) is 1. The molecule has 1 saturated heterocycles. The molecule has 140 valence electrons. The highest BCUT2D eigenvalue weighted by Gasteiger charge is 2.32. The highest BCUT2D eigenvalue weighted by molar-refractivity contribution is 6.00. The molecule has 0 radical (unpaired) electrons. The minimum Gasteiger partial charge on any atom is -0.497 e. The standard InChI is InChI=1S/C20H22N4O3/c1-13-10-17(23-27-13)18-8-3-4-9-24(18)20(25)16-12-21-22-19(16)14-6-5-7-15(11-14)26-2/h5-7,10-12,18H,3-4,8-9H2,1-2H3,(H,21,22)/t18-/m0/s1. The number of amides is 1. The average Bonchev–Trinajstić information content (AvgIpc) is 3.36. The summed E-state index contributed by atoms with van der Waals surface area (Å²) in [4.78, 5) is 15.3. The van der Waals surface area contributed by atoms with Gasteiger partial charge in [0.1, 0.15) is 17.2 Å². The van der Waals surface area contributed by atoms with Crippen molar-refractivity contribution >= 4 is 5.91 Å². The largest absolute Gasteiger partial charge is 0.497 e. The van der Waals surface area contributed by atoms with E-state index in [2.05, 4.69) is 15.4 Å². The van der Waals surface area contributed by atoms with Gasteiger partial charge in [0.2, 0.25) is 0 Å². The summed E-state index contributed by atoms with van der Waals surface area (Å²) in [5.41, 5.74) is 2.92. The van der Waals surface area contributed by atoms with Gasteiger partial charge in [-0.2, -0.15) is 5.10 Å². The van der Waals surface area contributed by atoms with Crippen molar-refractivity contribution in [3.63, 3.8) is 0 Å². The van der Waals surface area contributed by atoms with Crippen LogP contribution in [0.2, 0.25) is 0 Å². The molecule has 3 aromatic rings. The van der Waals surface area contributed by atoms with Crippen molar-refractivity contribution in [3.8, 4) is 17.0 Å². The third kappa shape index (κ3) is 3.32. The quantitative estimate of drug-likeness (QED) is 0.760. The predicted octanol–water partition coefficient (Wildman–Crippen LogP) is 3.75. The van der Waals surface area contributed by atoms with E-state index in [1.165, 1.54) is 0 Å². The predicted molar refractivity (Wildman–Crippen MR) is 99.4 cm³/mol. The van der Waals surface area contributed by atoms with Crippen molar-refractivity contribution in [3.05, 3.63) is 53.5 Å². The molecule has 0 bridgehead atoms. The number of ether oxygens (including phenoxy) is 1. The van der Waals surface area contributed by atoms with E-state index in [1.807, 2.05) is 42.2 Å². The van der Waals surface area contributed by atoms with Gasteiger partial charge in [-0.1, -0.05) is 17.3 Å². The van der Waals surface area contributed by atoms with Crippen LogP contribution >= 0.6 is 0 Å². The molecule has 7 nitrogen and oxygen atoms in total. The maximum absolute atomic E-state index is 13.4. The fraction of sp³-hybridized carbons (Fsp3) is 0.350. The molecule has 3 heterocycles. The summed E-state index contributed by atoms with van der Waals surface area (Å²) >= 11 is 0. The van der Waals surface area contributed by atoms with Crippen LogP contribution in [-0.4, -0.2) is 39.8 Å². The molecule has 4 rings (SSSR count). The Morgan fingerprint density at radius 2 is 2.22 bits per heavy atom. The number of aromatic nitrogens is 3. The fourth-order valence-corrected chi connectivity index (χ4v) is 3.63. The van der Waals surface area contributed by atoms with E-state index in [9.17, 15) is 4.79 Å². The van der Waals surface area contributed by atoms with Gasteiger partial charge in [-0.15, -0.1) is 0 Å². The Balaban J connectivity index is 1.67. The van der Waals surface area contributed by atoms with Gasteiger partial charge in [0, 0.05) is 18.2 Å². The lowest BCUT2D eigenvalue weighted by Gasteiger charge is -2.34. The van der Waals surface area contributed by atoms with Crippen LogP contribution in [0.3, 0.4) is 0 Å². The lowest BCUT2D eigenvalue weighted by atomic mass is 9.97. The van der Waals surface area contributed by atoms with E-state index in [4.69, 9.17) is 9.26 Å². The molecule has 27 heavy (non-hydrogen) atoms. The van der Waals surface area contributed by atoms with Crippen molar-refractivity contribution in [2.75, 3.05) is 13.7 Å². The van der Waals surface area contributed by atoms with Crippen molar-refractivity contribution in [2.24, 2.45) is 0 Å². The second kappa shape index (κ2) is 7.26. The van der Waals surface area contributed by atoms with Gasteiger partial charge in [-0.25, -0.2) is 0 Å². The summed E-state index contributed by atoms with van der Waals surface area (Å²) in [7, 11) is 1.62. The number of rotatable bonds is 4. The first kappa shape index (κ1) is 17.3. The number of carbonyl (C=O) groups is 1. The SMILES string of the molecule is COc1cccc(-c2[nH]ncc2C(=O)N2CCCC[C@H]2c2cc(C)on2)c1. The van der Waals surface area contributed by atoms with Crippen LogP contribution in [0.15, 0.2) is 41.1 Å². The Morgan fingerprint density at radius 1 is 1.33 bits per heavy atom. The van der Waals surface area contributed by atoms with Gasteiger partial charge in [0.25, 0.3) is 5.91 Å². The normalized spacial score (nSPS) is 17.1. The molecule has 2 aromatic heterocycles. The number of piperidine rings is 1. The minimum absolute atomic E-state index is 0.0491. The Bertz CT molecular complexity index is 946. The van der Waals surface area contributed by atoms with Crippen molar-refractivity contribution in [2.45, 2.75) is 32.2 Å². The number of nitrogens with one attached hydrogen (secondary N) is 1. The number of aryl methyl sites for hydroxylation is 1. The lowest BCUT2D eigenvalue weighted by molar-refractivity contribution is 0.0603. The zero-order valence-electron chi connectivity index (χ0n) is 15.4. The molecule has 1 aliphatic rings. The van der Waals surface area contributed by atoms with Crippen LogP contribution in [-0.2, 0) is 0 Å². The van der Waals surface area contributed by atoms with Crippen molar-refractivity contribution < 1.29 is 14.1 Å². The van der Waals surface area contributed by atoms with Crippen LogP contribution in [0.5, 0.6) is 5.75 Å². The average molecular weight is 366 g/mol. The summed E-state index contributed by atoms with van der Waals surface area (Å²) in [6.45, 7) is 2.56. The maximum atomic E-state index is 13.4. The van der Waals surface area contributed by atoms with Gasteiger partial charge in [-0.05, 0) is 38.3 Å². The molecule has 1 aromatic carbocycles. The summed E-state index contributed by atoms with van der Waals surface area (Å²) in [6.07, 6.45) is 4.51. The monoisotopic (exact) mass is 366 g/mol. The molecule has 1 atom stereocenters. The Hall–Kier alpha value is -3.09. The number of benzene rings is 1. The van der Waals surface area contributed by atoms with Crippen LogP contribution in [0.4, 0.5) is 0 Å². The molecule has 1 aliphatic heterocycles. The third-order valence-electron chi connectivity index (χ3n) is 4.98. The molecule has 0 spiro atoms. The van der Waals surface area contributed by atoms with Crippen molar-refractivity contribution in [1.82, 2.24) is 20.3 Å². The van der Waals surface area contributed by atoms with E-state index in [1.54, 1.807) is 13.3 Å². The van der Waals surface area contributed by atoms with E-state index >= 15 is 0 Å². The third-order valence-corrected chi connectivity index (χ3v) is 4.98. The molecule has 1 fully saturated rings. The van der Waals surface area contributed by atoms with Crippen LogP contribution in [0.1, 0.15) is 47.1 Å². The van der Waals surface area contributed by atoms with E-state index in [0.29, 0.717) is 17.8 Å². The van der Waals surface area contributed by atoms with Gasteiger partial charge in [0.15, 0.2) is 0 Å². The van der Waals surface area contributed by atoms with E-state index in [0.717, 1.165) is 42.0 Å². The molecular weight excluding hydrogens is 344 g/mol. The Labute approximate surface area is 157 Å². The Morgan fingerprint density at radius 3 is 3.00 bits per heavy atom. The van der Waals surface area contributed by atoms with Crippen LogP contribution < -0.4 is 4.74 Å². The second-order valence-electron chi connectivity index (χ2n) is 6.76. The highest BCUT2D eigenvalue weighted by Crippen LogP contribution is 2.33. The highest BCUT2D eigenvalue weighted by atomic mass is 16.5. The lowest BCUT2D eigenvalue weighted by Crippen LogP contribution is -2.38. The zero-order chi connectivity index (χ0) is 18.8. The van der Waals surface area contributed by atoms with Crippen LogP contribution in [0, 0.1) is 6.92 Å². The summed E-state index contributed by atoms with van der Waals surface area (Å²) < 4.78 is 10.5. The number of methoxy groups -OCH3 is 1. The number of H-pyrrole nitrogens is 1. The molecule has 0 unspecified atom stereocenters. The Kier molecular flexibility index (Phi) is 4.66. The maximum Gasteiger partial charge on any atom is 0.258 e. The van der Waals surface area contributed by atoms with Crippen molar-refractivity contribution in [1.29, 1.82) is 0 Å². The zero-order valence-corrected chi connectivity index (χ0v) is 15.4. The minimum atomic E-state index is -0.0724. The van der Waals surface area contributed by atoms with E-state index < -0.39 is 0 Å².